The molecular weight excluding hydrogens is 401 g/mol. The Balaban J connectivity index is 1.69. The zero-order chi connectivity index (χ0) is 22.2. The minimum atomic E-state index is -0.528. The topological polar surface area (TPSA) is 46.9 Å². The third-order valence-corrected chi connectivity index (χ3v) is 6.20. The molecule has 5 rings (SSSR count). The van der Waals surface area contributed by atoms with Crippen LogP contribution in [0.2, 0.25) is 0 Å². The van der Waals surface area contributed by atoms with Crippen LogP contribution in [0.15, 0.2) is 66.7 Å². The second kappa shape index (κ2) is 8.23. The maximum Gasteiger partial charge on any atom is 0.247 e. The molecule has 32 heavy (non-hydrogen) atoms. The van der Waals surface area contributed by atoms with Gasteiger partial charge in [-0.05, 0) is 73.2 Å². The third-order valence-electron chi connectivity index (χ3n) is 6.20. The van der Waals surface area contributed by atoms with Gasteiger partial charge in [0.15, 0.2) is 0 Å². The SMILES string of the molecule is Cc1cc2nc(Cc3ccc(F)cc3)n([C@H](C(=O)NC3CC3)c3ccccc3)c2cc1C. The molecule has 5 heteroatoms. The maximum absolute atomic E-state index is 13.5. The van der Waals surface area contributed by atoms with E-state index in [2.05, 4.69) is 35.9 Å². The summed E-state index contributed by atoms with van der Waals surface area (Å²) in [6, 6.07) is 20.3. The molecule has 1 amide bonds. The van der Waals surface area contributed by atoms with Gasteiger partial charge in [-0.25, -0.2) is 9.37 Å². The number of benzene rings is 3. The molecule has 1 atom stereocenters. The fourth-order valence-electron chi connectivity index (χ4n) is 4.16. The van der Waals surface area contributed by atoms with Crippen molar-refractivity contribution in [2.75, 3.05) is 0 Å². The molecule has 1 aliphatic carbocycles. The first-order valence-electron chi connectivity index (χ1n) is 11.1. The molecular formula is C27H26FN3O. The highest BCUT2D eigenvalue weighted by atomic mass is 19.1. The fourth-order valence-corrected chi connectivity index (χ4v) is 4.16. The van der Waals surface area contributed by atoms with E-state index in [1.165, 1.54) is 12.1 Å². The molecule has 1 saturated carbocycles. The summed E-state index contributed by atoms with van der Waals surface area (Å²) in [5.41, 5.74) is 5.99. The monoisotopic (exact) mass is 427 g/mol. The lowest BCUT2D eigenvalue weighted by molar-refractivity contribution is -0.123. The number of imidazole rings is 1. The largest absolute Gasteiger partial charge is 0.351 e. The van der Waals surface area contributed by atoms with E-state index in [1.54, 1.807) is 12.1 Å². The van der Waals surface area contributed by atoms with E-state index in [-0.39, 0.29) is 17.8 Å². The Labute approximate surface area is 187 Å². The van der Waals surface area contributed by atoms with Crippen molar-refractivity contribution in [2.24, 2.45) is 0 Å². The van der Waals surface area contributed by atoms with Crippen molar-refractivity contribution in [3.8, 4) is 0 Å². The van der Waals surface area contributed by atoms with Crippen LogP contribution in [-0.4, -0.2) is 21.5 Å². The average molecular weight is 428 g/mol. The highest BCUT2D eigenvalue weighted by Gasteiger charge is 2.32. The fraction of sp³-hybridized carbons (Fsp3) is 0.259. The molecule has 0 spiro atoms. The van der Waals surface area contributed by atoms with Crippen molar-refractivity contribution >= 4 is 16.9 Å². The van der Waals surface area contributed by atoms with Crippen molar-refractivity contribution in [3.63, 3.8) is 0 Å². The van der Waals surface area contributed by atoms with Crippen LogP contribution in [0.3, 0.4) is 0 Å². The first-order valence-corrected chi connectivity index (χ1v) is 11.1. The van der Waals surface area contributed by atoms with Crippen molar-refractivity contribution in [1.29, 1.82) is 0 Å². The van der Waals surface area contributed by atoms with Crippen LogP contribution in [0.1, 0.15) is 47.0 Å². The summed E-state index contributed by atoms with van der Waals surface area (Å²) in [7, 11) is 0. The number of carbonyl (C=O) groups excluding carboxylic acids is 1. The van der Waals surface area contributed by atoms with Crippen LogP contribution in [0, 0.1) is 19.7 Å². The predicted molar refractivity (Wildman–Crippen MR) is 124 cm³/mol. The minimum Gasteiger partial charge on any atom is -0.351 e. The predicted octanol–water partition coefficient (Wildman–Crippen LogP) is 5.25. The Morgan fingerprint density at radius 2 is 1.75 bits per heavy atom. The van der Waals surface area contributed by atoms with E-state index >= 15 is 0 Å². The quantitative estimate of drug-likeness (QED) is 0.457. The van der Waals surface area contributed by atoms with Gasteiger partial charge >= 0.3 is 0 Å². The molecule has 1 aromatic heterocycles. The Morgan fingerprint density at radius 3 is 2.44 bits per heavy atom. The molecule has 0 unspecified atom stereocenters. The first-order chi connectivity index (χ1) is 15.5. The lowest BCUT2D eigenvalue weighted by atomic mass is 10.0. The van der Waals surface area contributed by atoms with Crippen LogP contribution in [0.5, 0.6) is 0 Å². The summed E-state index contributed by atoms with van der Waals surface area (Å²) >= 11 is 0. The van der Waals surface area contributed by atoms with Gasteiger partial charge < -0.3 is 9.88 Å². The number of aromatic nitrogens is 2. The van der Waals surface area contributed by atoms with E-state index in [0.29, 0.717) is 6.42 Å². The van der Waals surface area contributed by atoms with Crippen molar-refractivity contribution in [2.45, 2.75) is 45.2 Å². The molecule has 0 radical (unpaired) electrons. The van der Waals surface area contributed by atoms with Crippen LogP contribution in [0.25, 0.3) is 11.0 Å². The second-order valence-electron chi connectivity index (χ2n) is 8.72. The van der Waals surface area contributed by atoms with Gasteiger partial charge in [0.2, 0.25) is 5.91 Å². The summed E-state index contributed by atoms with van der Waals surface area (Å²) in [4.78, 5) is 18.5. The van der Waals surface area contributed by atoms with Gasteiger partial charge in [0.25, 0.3) is 0 Å². The molecule has 1 aliphatic rings. The number of carbonyl (C=O) groups is 1. The van der Waals surface area contributed by atoms with Gasteiger partial charge in [0.1, 0.15) is 17.7 Å². The average Bonchev–Trinajstić information content (AvgIpc) is 3.54. The third kappa shape index (κ3) is 4.03. The van der Waals surface area contributed by atoms with Crippen molar-refractivity contribution in [1.82, 2.24) is 14.9 Å². The normalized spacial score (nSPS) is 14.5. The summed E-state index contributed by atoms with van der Waals surface area (Å²) in [6.07, 6.45) is 2.56. The molecule has 1 heterocycles. The molecule has 4 nitrogen and oxygen atoms in total. The van der Waals surface area contributed by atoms with Gasteiger partial charge in [0.05, 0.1) is 11.0 Å². The molecule has 1 fully saturated rings. The summed E-state index contributed by atoms with van der Waals surface area (Å²) in [5, 5.41) is 3.19. The zero-order valence-electron chi connectivity index (χ0n) is 18.3. The smallest absolute Gasteiger partial charge is 0.247 e. The molecule has 0 bridgehead atoms. The molecule has 162 valence electrons. The number of rotatable bonds is 6. The van der Waals surface area contributed by atoms with Crippen LogP contribution in [-0.2, 0) is 11.2 Å². The van der Waals surface area contributed by atoms with Crippen LogP contribution < -0.4 is 5.32 Å². The number of amides is 1. The van der Waals surface area contributed by atoms with E-state index in [0.717, 1.165) is 52.0 Å². The minimum absolute atomic E-state index is 0.0171. The number of hydrogen-bond donors (Lipinski definition) is 1. The van der Waals surface area contributed by atoms with E-state index in [1.807, 2.05) is 30.3 Å². The maximum atomic E-state index is 13.5. The van der Waals surface area contributed by atoms with E-state index < -0.39 is 6.04 Å². The number of halogens is 1. The molecule has 0 aliphatic heterocycles. The summed E-state index contributed by atoms with van der Waals surface area (Å²) in [5.74, 6) is 0.507. The zero-order valence-corrected chi connectivity index (χ0v) is 18.3. The molecule has 3 aromatic carbocycles. The molecule has 0 saturated heterocycles. The Bertz CT molecular complexity index is 1270. The number of nitrogens with zero attached hydrogens (tertiary/aromatic N) is 2. The van der Waals surface area contributed by atoms with Crippen molar-refractivity contribution < 1.29 is 9.18 Å². The summed E-state index contributed by atoms with van der Waals surface area (Å²) in [6.45, 7) is 4.15. The Morgan fingerprint density at radius 1 is 1.06 bits per heavy atom. The van der Waals surface area contributed by atoms with Gasteiger partial charge in [-0.15, -0.1) is 0 Å². The summed E-state index contributed by atoms with van der Waals surface area (Å²) < 4.78 is 15.5. The lowest BCUT2D eigenvalue weighted by Crippen LogP contribution is -2.35. The van der Waals surface area contributed by atoms with Gasteiger partial charge in [-0.2, -0.15) is 0 Å². The van der Waals surface area contributed by atoms with Gasteiger partial charge in [-0.1, -0.05) is 42.5 Å². The number of hydrogen-bond acceptors (Lipinski definition) is 2. The number of nitrogens with one attached hydrogen (secondary N) is 1. The highest BCUT2D eigenvalue weighted by molar-refractivity contribution is 5.88. The van der Waals surface area contributed by atoms with E-state index in [9.17, 15) is 9.18 Å². The standard InChI is InChI=1S/C27H26FN3O/c1-17-14-23-24(15-18(17)2)31(25(30-23)16-19-8-10-21(28)11-9-19)26(20-6-4-3-5-7-20)27(32)29-22-12-13-22/h3-11,14-15,22,26H,12-13,16H2,1-2H3,(H,29,32)/t26-/m0/s1. The molecule has 4 aromatic rings. The highest BCUT2D eigenvalue weighted by Crippen LogP contribution is 2.31. The number of aryl methyl sites for hydroxylation is 2. The van der Waals surface area contributed by atoms with Crippen molar-refractivity contribution in [3.05, 3.63) is 101 Å². The van der Waals surface area contributed by atoms with E-state index in [4.69, 9.17) is 4.98 Å². The Hall–Kier alpha value is -3.47. The number of fused-ring (bicyclic) bond motifs is 1. The van der Waals surface area contributed by atoms with Crippen LogP contribution in [0.4, 0.5) is 4.39 Å². The molecule has 1 N–H and O–H groups in total. The first kappa shape index (κ1) is 20.4. The van der Waals surface area contributed by atoms with Gasteiger partial charge in [-0.3, -0.25) is 4.79 Å². The second-order valence-corrected chi connectivity index (χ2v) is 8.72. The Kier molecular flexibility index (Phi) is 5.25. The lowest BCUT2D eigenvalue weighted by Gasteiger charge is -2.22. The van der Waals surface area contributed by atoms with Crippen LogP contribution >= 0.6 is 0 Å². The van der Waals surface area contributed by atoms with Gasteiger partial charge in [0, 0.05) is 12.5 Å².